The van der Waals surface area contributed by atoms with Crippen LogP contribution in [0.25, 0.3) is 0 Å². The van der Waals surface area contributed by atoms with Crippen LogP contribution in [0.2, 0.25) is 5.02 Å². The number of nitrogens with zero attached hydrogens (tertiary/aromatic N) is 2. The Kier molecular flexibility index (Phi) is 4.73. The van der Waals surface area contributed by atoms with Crippen LogP contribution >= 0.6 is 11.6 Å². The van der Waals surface area contributed by atoms with Gasteiger partial charge in [0.2, 0.25) is 11.8 Å². The van der Waals surface area contributed by atoms with Crippen molar-refractivity contribution in [3.63, 3.8) is 0 Å². The van der Waals surface area contributed by atoms with Gasteiger partial charge in [0.25, 0.3) is 0 Å². The van der Waals surface area contributed by atoms with Crippen LogP contribution < -0.4 is 5.32 Å². The Morgan fingerprint density at radius 2 is 2.23 bits per heavy atom. The van der Waals surface area contributed by atoms with Gasteiger partial charge in [0.05, 0.1) is 0 Å². The molecule has 0 bridgehead atoms. The molecule has 5 nitrogen and oxygen atoms in total. The van der Waals surface area contributed by atoms with E-state index in [9.17, 15) is 4.79 Å². The topological polar surface area (TPSA) is 68.0 Å². The van der Waals surface area contributed by atoms with Gasteiger partial charge in [0.1, 0.15) is 0 Å². The smallest absolute Gasteiger partial charge is 0.228 e. The maximum Gasteiger partial charge on any atom is 0.228 e. The molecule has 1 amide bonds. The first kappa shape index (κ1) is 15.0. The lowest BCUT2D eigenvalue weighted by Crippen LogP contribution is -2.25. The SMILES string of the molecule is O=C(CCc1cccc(Cl)c1)NCCc1nc(C2CC2)no1. The minimum absolute atomic E-state index is 0.0157. The molecule has 1 aromatic carbocycles. The third-order valence-electron chi connectivity index (χ3n) is 3.62. The van der Waals surface area contributed by atoms with Gasteiger partial charge < -0.3 is 9.84 Å². The fourth-order valence-electron chi connectivity index (χ4n) is 2.22. The highest BCUT2D eigenvalue weighted by atomic mass is 35.5. The Hall–Kier alpha value is -1.88. The number of hydrogen-bond donors (Lipinski definition) is 1. The Labute approximate surface area is 134 Å². The van der Waals surface area contributed by atoms with Crippen molar-refractivity contribution in [2.75, 3.05) is 6.54 Å². The highest BCUT2D eigenvalue weighted by Gasteiger charge is 2.28. The molecule has 0 atom stereocenters. The van der Waals surface area contributed by atoms with Gasteiger partial charge in [0.15, 0.2) is 5.82 Å². The molecule has 0 unspecified atom stereocenters. The normalized spacial score (nSPS) is 14.0. The number of benzene rings is 1. The van der Waals surface area contributed by atoms with Gasteiger partial charge in [-0.3, -0.25) is 4.79 Å². The van der Waals surface area contributed by atoms with Gasteiger partial charge in [-0.05, 0) is 37.0 Å². The van der Waals surface area contributed by atoms with Gasteiger partial charge >= 0.3 is 0 Å². The summed E-state index contributed by atoms with van der Waals surface area (Å²) in [5.74, 6) is 1.91. The number of aryl methyl sites for hydroxylation is 1. The Morgan fingerprint density at radius 3 is 3.00 bits per heavy atom. The van der Waals surface area contributed by atoms with Crippen molar-refractivity contribution in [3.8, 4) is 0 Å². The number of nitrogens with one attached hydrogen (secondary N) is 1. The molecule has 1 saturated carbocycles. The van der Waals surface area contributed by atoms with Crippen LogP contribution in [-0.2, 0) is 17.6 Å². The summed E-state index contributed by atoms with van der Waals surface area (Å²) in [6.45, 7) is 0.515. The van der Waals surface area contributed by atoms with Crippen molar-refractivity contribution < 1.29 is 9.32 Å². The van der Waals surface area contributed by atoms with Crippen molar-refractivity contribution in [1.29, 1.82) is 0 Å². The van der Waals surface area contributed by atoms with E-state index in [4.69, 9.17) is 16.1 Å². The first-order valence-corrected chi connectivity index (χ1v) is 7.92. The number of rotatable bonds is 7. The minimum atomic E-state index is 0.0157. The summed E-state index contributed by atoms with van der Waals surface area (Å²) in [6.07, 6.45) is 4.00. The van der Waals surface area contributed by atoms with Crippen LogP contribution in [0.3, 0.4) is 0 Å². The Bertz CT molecular complexity index is 652. The molecular formula is C16H18ClN3O2. The standard InChI is InChI=1S/C16H18ClN3O2/c17-13-3-1-2-11(10-13)4-7-14(21)18-9-8-15-19-16(20-22-15)12-5-6-12/h1-3,10,12H,4-9H2,(H,18,21). The lowest BCUT2D eigenvalue weighted by Gasteiger charge is -2.04. The molecule has 0 radical (unpaired) electrons. The predicted octanol–water partition coefficient (Wildman–Crippen LogP) is 2.89. The summed E-state index contributed by atoms with van der Waals surface area (Å²) < 4.78 is 5.16. The van der Waals surface area contributed by atoms with E-state index >= 15 is 0 Å². The van der Waals surface area contributed by atoms with Crippen molar-refractivity contribution in [1.82, 2.24) is 15.5 Å². The molecule has 2 aromatic rings. The second-order valence-corrected chi connectivity index (χ2v) is 5.99. The highest BCUT2D eigenvalue weighted by molar-refractivity contribution is 6.30. The van der Waals surface area contributed by atoms with Crippen molar-refractivity contribution >= 4 is 17.5 Å². The van der Waals surface area contributed by atoms with E-state index < -0.39 is 0 Å². The Morgan fingerprint density at radius 1 is 1.36 bits per heavy atom. The summed E-state index contributed by atoms with van der Waals surface area (Å²) in [5, 5.41) is 7.51. The Balaban J connectivity index is 1.36. The molecule has 1 heterocycles. The monoisotopic (exact) mass is 319 g/mol. The maximum absolute atomic E-state index is 11.8. The van der Waals surface area contributed by atoms with E-state index in [0.29, 0.717) is 42.6 Å². The van der Waals surface area contributed by atoms with E-state index in [-0.39, 0.29) is 5.91 Å². The van der Waals surface area contributed by atoms with E-state index in [0.717, 1.165) is 24.2 Å². The highest BCUT2D eigenvalue weighted by Crippen LogP contribution is 2.38. The lowest BCUT2D eigenvalue weighted by atomic mass is 10.1. The summed E-state index contributed by atoms with van der Waals surface area (Å²) in [6, 6.07) is 7.57. The van der Waals surface area contributed by atoms with E-state index in [1.54, 1.807) is 0 Å². The third kappa shape index (κ3) is 4.31. The third-order valence-corrected chi connectivity index (χ3v) is 3.85. The number of carbonyl (C=O) groups is 1. The molecular weight excluding hydrogens is 302 g/mol. The summed E-state index contributed by atoms with van der Waals surface area (Å²) >= 11 is 5.92. The molecule has 22 heavy (non-hydrogen) atoms. The number of hydrogen-bond acceptors (Lipinski definition) is 4. The molecule has 0 aliphatic heterocycles. The summed E-state index contributed by atoms with van der Waals surface area (Å²) in [5.41, 5.74) is 1.06. The molecule has 1 aliphatic carbocycles. The molecule has 0 spiro atoms. The van der Waals surface area contributed by atoms with Crippen molar-refractivity contribution in [3.05, 3.63) is 46.6 Å². The van der Waals surface area contributed by atoms with Gasteiger partial charge in [-0.2, -0.15) is 4.98 Å². The minimum Gasteiger partial charge on any atom is -0.356 e. The predicted molar refractivity (Wildman–Crippen MR) is 82.8 cm³/mol. The second-order valence-electron chi connectivity index (χ2n) is 5.55. The zero-order valence-corrected chi connectivity index (χ0v) is 13.0. The summed E-state index contributed by atoms with van der Waals surface area (Å²) in [4.78, 5) is 16.1. The first-order chi connectivity index (χ1) is 10.7. The molecule has 3 rings (SSSR count). The van der Waals surface area contributed by atoms with Crippen LogP contribution in [0.1, 0.15) is 42.5 Å². The van der Waals surface area contributed by atoms with Crippen molar-refractivity contribution in [2.45, 2.75) is 38.0 Å². The molecule has 1 N–H and O–H groups in total. The number of carbonyl (C=O) groups excluding carboxylic acids is 1. The summed E-state index contributed by atoms with van der Waals surface area (Å²) in [7, 11) is 0. The van der Waals surface area contributed by atoms with Crippen LogP contribution in [0.5, 0.6) is 0 Å². The molecule has 6 heteroatoms. The van der Waals surface area contributed by atoms with E-state index in [1.807, 2.05) is 24.3 Å². The largest absolute Gasteiger partial charge is 0.356 e. The van der Waals surface area contributed by atoms with Gasteiger partial charge in [-0.25, -0.2) is 0 Å². The number of aromatic nitrogens is 2. The van der Waals surface area contributed by atoms with Gasteiger partial charge in [-0.15, -0.1) is 0 Å². The van der Waals surface area contributed by atoms with Gasteiger partial charge in [0, 0.05) is 30.3 Å². The fourth-order valence-corrected chi connectivity index (χ4v) is 2.44. The zero-order chi connectivity index (χ0) is 15.4. The lowest BCUT2D eigenvalue weighted by molar-refractivity contribution is -0.121. The second kappa shape index (κ2) is 6.92. The quantitative estimate of drug-likeness (QED) is 0.852. The number of amides is 1. The molecule has 1 aliphatic rings. The van der Waals surface area contributed by atoms with E-state index in [1.165, 1.54) is 0 Å². The molecule has 116 valence electrons. The van der Waals surface area contributed by atoms with Crippen LogP contribution in [-0.4, -0.2) is 22.6 Å². The number of halogens is 1. The van der Waals surface area contributed by atoms with Crippen molar-refractivity contribution in [2.24, 2.45) is 0 Å². The average molecular weight is 320 g/mol. The first-order valence-electron chi connectivity index (χ1n) is 7.54. The molecule has 1 fully saturated rings. The van der Waals surface area contributed by atoms with Gasteiger partial charge in [-0.1, -0.05) is 28.9 Å². The van der Waals surface area contributed by atoms with E-state index in [2.05, 4.69) is 15.5 Å². The zero-order valence-electron chi connectivity index (χ0n) is 12.2. The van der Waals surface area contributed by atoms with Crippen LogP contribution in [0.4, 0.5) is 0 Å². The molecule has 0 saturated heterocycles. The van der Waals surface area contributed by atoms with Crippen LogP contribution in [0.15, 0.2) is 28.8 Å². The van der Waals surface area contributed by atoms with Crippen LogP contribution in [0, 0.1) is 0 Å². The average Bonchev–Trinajstić information content (AvgIpc) is 3.25. The molecule has 1 aromatic heterocycles. The maximum atomic E-state index is 11.8. The fraction of sp³-hybridized carbons (Fsp3) is 0.438.